The molecular formula is C27H24N6O3. The summed E-state index contributed by atoms with van der Waals surface area (Å²) in [6, 6.07) is 20.6. The number of piperidine rings is 1. The van der Waals surface area contributed by atoms with Crippen molar-refractivity contribution >= 4 is 17.6 Å². The summed E-state index contributed by atoms with van der Waals surface area (Å²) in [4.78, 5) is 29.9. The normalized spacial score (nSPS) is 13.9. The van der Waals surface area contributed by atoms with Gasteiger partial charge in [-0.15, -0.1) is 0 Å². The minimum Gasteiger partial charge on any atom is -0.465 e. The van der Waals surface area contributed by atoms with E-state index in [1.807, 2.05) is 53.4 Å². The maximum atomic E-state index is 13.0. The molecule has 9 heteroatoms. The minimum absolute atomic E-state index is 0.0210. The lowest BCUT2D eigenvalue weighted by molar-refractivity contribution is 0.0689. The molecule has 0 aliphatic carbocycles. The Bertz CT molecular complexity index is 1450. The largest absolute Gasteiger partial charge is 0.465 e. The molecule has 3 heterocycles. The third-order valence-electron chi connectivity index (χ3n) is 6.54. The summed E-state index contributed by atoms with van der Waals surface area (Å²) in [6.45, 7) is 1.65. The van der Waals surface area contributed by atoms with Crippen molar-refractivity contribution in [1.29, 1.82) is 5.26 Å². The van der Waals surface area contributed by atoms with Gasteiger partial charge in [0.05, 0.1) is 29.2 Å². The molecule has 0 bridgehead atoms. The number of nitriles is 1. The average Bonchev–Trinajstić information content (AvgIpc) is 3.35. The van der Waals surface area contributed by atoms with E-state index in [4.69, 9.17) is 15.5 Å². The highest BCUT2D eigenvalue weighted by atomic mass is 16.4. The van der Waals surface area contributed by atoms with Crippen molar-refractivity contribution < 1.29 is 14.7 Å². The number of carbonyl (C=O) groups excluding carboxylic acids is 1. The second-order valence-electron chi connectivity index (χ2n) is 8.82. The number of benzene rings is 2. The van der Waals surface area contributed by atoms with Gasteiger partial charge in [0.25, 0.3) is 5.91 Å². The van der Waals surface area contributed by atoms with E-state index in [0.717, 1.165) is 35.4 Å². The van der Waals surface area contributed by atoms with Gasteiger partial charge in [0, 0.05) is 36.3 Å². The summed E-state index contributed by atoms with van der Waals surface area (Å²) in [5, 5.41) is 25.0. The zero-order valence-electron chi connectivity index (χ0n) is 19.5. The van der Waals surface area contributed by atoms with E-state index in [-0.39, 0.29) is 11.8 Å². The summed E-state index contributed by atoms with van der Waals surface area (Å²) in [5.74, 6) is 0.234. The molecule has 1 saturated heterocycles. The standard InChI is InChI=1S/C27H24N6O3/c28-15-18-1-3-21(4-2-18)24-17-29-25-10-9-23(31-33(24)25)20-5-7-22(8-6-20)26(34)32-13-11-19(12-14-32)16-30-27(35)36/h1-10,17,19,30H,11-14,16H2,(H,35,36). The van der Waals surface area contributed by atoms with Gasteiger partial charge in [-0.1, -0.05) is 24.3 Å². The van der Waals surface area contributed by atoms with Crippen LogP contribution in [-0.4, -0.2) is 56.2 Å². The lowest BCUT2D eigenvalue weighted by Crippen LogP contribution is -2.41. The molecule has 0 atom stereocenters. The molecule has 0 saturated carbocycles. The molecule has 0 unspecified atom stereocenters. The highest BCUT2D eigenvalue weighted by Crippen LogP contribution is 2.24. The Hall–Kier alpha value is -4.71. The Morgan fingerprint density at radius 1 is 1.00 bits per heavy atom. The first-order valence-electron chi connectivity index (χ1n) is 11.7. The number of hydrogen-bond acceptors (Lipinski definition) is 5. The fourth-order valence-electron chi connectivity index (χ4n) is 4.48. The molecule has 0 radical (unpaired) electrons. The molecule has 0 spiro atoms. The fourth-order valence-corrected chi connectivity index (χ4v) is 4.48. The first-order chi connectivity index (χ1) is 17.5. The number of carbonyl (C=O) groups is 2. The Morgan fingerprint density at radius 2 is 1.69 bits per heavy atom. The summed E-state index contributed by atoms with van der Waals surface area (Å²) < 4.78 is 1.78. The quantitative estimate of drug-likeness (QED) is 0.444. The van der Waals surface area contributed by atoms with Crippen LogP contribution in [0.5, 0.6) is 0 Å². The van der Waals surface area contributed by atoms with Gasteiger partial charge in [0.1, 0.15) is 0 Å². The van der Waals surface area contributed by atoms with E-state index in [1.54, 1.807) is 22.8 Å². The van der Waals surface area contributed by atoms with Gasteiger partial charge < -0.3 is 15.3 Å². The predicted octanol–water partition coefficient (Wildman–Crippen LogP) is 4.05. The first-order valence-corrected chi connectivity index (χ1v) is 11.7. The van der Waals surface area contributed by atoms with Gasteiger partial charge in [-0.05, 0) is 55.2 Å². The monoisotopic (exact) mass is 480 g/mol. The van der Waals surface area contributed by atoms with E-state index in [9.17, 15) is 9.59 Å². The fraction of sp³-hybridized carbons (Fsp3) is 0.222. The number of fused-ring (bicyclic) bond motifs is 1. The summed E-state index contributed by atoms with van der Waals surface area (Å²) in [5.41, 5.74) is 5.29. The second kappa shape index (κ2) is 9.88. The van der Waals surface area contributed by atoms with Crippen molar-refractivity contribution in [2.24, 2.45) is 5.92 Å². The lowest BCUT2D eigenvalue weighted by atomic mass is 9.96. The molecule has 2 aromatic heterocycles. The number of hydrogen-bond donors (Lipinski definition) is 2. The van der Waals surface area contributed by atoms with Crippen LogP contribution in [0, 0.1) is 17.2 Å². The second-order valence-corrected chi connectivity index (χ2v) is 8.82. The van der Waals surface area contributed by atoms with E-state index in [0.29, 0.717) is 36.4 Å². The molecule has 1 aliphatic rings. The van der Waals surface area contributed by atoms with Gasteiger partial charge in [-0.2, -0.15) is 10.4 Å². The Labute approximate surface area is 207 Å². The van der Waals surface area contributed by atoms with Crippen molar-refractivity contribution in [2.45, 2.75) is 12.8 Å². The maximum Gasteiger partial charge on any atom is 0.404 e. The zero-order valence-corrected chi connectivity index (χ0v) is 19.5. The number of aromatic nitrogens is 3. The van der Waals surface area contributed by atoms with Crippen molar-refractivity contribution in [1.82, 2.24) is 24.8 Å². The number of rotatable bonds is 5. The molecule has 4 aromatic rings. The number of likely N-dealkylation sites (tertiary alicyclic amines) is 1. The van der Waals surface area contributed by atoms with Crippen LogP contribution in [-0.2, 0) is 0 Å². The molecular weight excluding hydrogens is 456 g/mol. The molecule has 9 nitrogen and oxygen atoms in total. The van der Waals surface area contributed by atoms with E-state index in [1.165, 1.54) is 0 Å². The molecule has 1 aliphatic heterocycles. The number of nitrogens with zero attached hydrogens (tertiary/aromatic N) is 5. The summed E-state index contributed by atoms with van der Waals surface area (Å²) in [6.07, 6.45) is 2.30. The van der Waals surface area contributed by atoms with E-state index >= 15 is 0 Å². The Balaban J connectivity index is 1.30. The van der Waals surface area contributed by atoms with Crippen molar-refractivity contribution in [3.8, 4) is 28.6 Å². The number of imidazole rings is 1. The zero-order chi connectivity index (χ0) is 25.1. The number of amides is 2. The molecule has 5 rings (SSSR count). The first kappa shape index (κ1) is 23.1. The third-order valence-corrected chi connectivity index (χ3v) is 6.54. The van der Waals surface area contributed by atoms with Crippen LogP contribution in [0.15, 0.2) is 66.9 Å². The smallest absolute Gasteiger partial charge is 0.404 e. The van der Waals surface area contributed by atoms with Gasteiger partial charge >= 0.3 is 6.09 Å². The predicted molar refractivity (Wildman–Crippen MR) is 133 cm³/mol. The topological polar surface area (TPSA) is 124 Å². The third kappa shape index (κ3) is 4.74. The van der Waals surface area contributed by atoms with Gasteiger partial charge in [0.2, 0.25) is 0 Å². The van der Waals surface area contributed by atoms with Gasteiger partial charge in [-0.25, -0.2) is 14.3 Å². The van der Waals surface area contributed by atoms with Crippen LogP contribution in [0.4, 0.5) is 4.79 Å². The number of carboxylic acid groups (broad SMARTS) is 1. The molecule has 2 N–H and O–H groups in total. The van der Waals surface area contributed by atoms with Crippen LogP contribution in [0.3, 0.4) is 0 Å². The van der Waals surface area contributed by atoms with Crippen LogP contribution < -0.4 is 5.32 Å². The number of nitrogens with one attached hydrogen (secondary N) is 1. The molecule has 2 aromatic carbocycles. The van der Waals surface area contributed by atoms with Crippen LogP contribution in [0.2, 0.25) is 0 Å². The molecule has 36 heavy (non-hydrogen) atoms. The summed E-state index contributed by atoms with van der Waals surface area (Å²) >= 11 is 0. The van der Waals surface area contributed by atoms with Gasteiger partial charge in [0.15, 0.2) is 5.65 Å². The van der Waals surface area contributed by atoms with Crippen LogP contribution in [0.1, 0.15) is 28.8 Å². The highest BCUT2D eigenvalue weighted by Gasteiger charge is 2.24. The van der Waals surface area contributed by atoms with Crippen LogP contribution in [0.25, 0.3) is 28.2 Å². The minimum atomic E-state index is -1.01. The van der Waals surface area contributed by atoms with Crippen molar-refractivity contribution in [2.75, 3.05) is 19.6 Å². The van der Waals surface area contributed by atoms with E-state index in [2.05, 4.69) is 16.4 Å². The Kier molecular flexibility index (Phi) is 6.33. The van der Waals surface area contributed by atoms with Gasteiger partial charge in [-0.3, -0.25) is 4.79 Å². The van der Waals surface area contributed by atoms with Crippen molar-refractivity contribution in [3.05, 3.63) is 78.0 Å². The van der Waals surface area contributed by atoms with E-state index < -0.39 is 6.09 Å². The lowest BCUT2D eigenvalue weighted by Gasteiger charge is -2.32. The SMILES string of the molecule is N#Cc1ccc(-c2cnc3ccc(-c4ccc(C(=O)N5CCC(CNC(=O)O)CC5)cc4)nn23)cc1. The maximum absolute atomic E-state index is 13.0. The molecule has 2 amide bonds. The Morgan fingerprint density at radius 3 is 2.36 bits per heavy atom. The molecule has 180 valence electrons. The molecule has 1 fully saturated rings. The van der Waals surface area contributed by atoms with Crippen LogP contribution >= 0.6 is 0 Å². The summed E-state index contributed by atoms with van der Waals surface area (Å²) in [7, 11) is 0. The average molecular weight is 481 g/mol. The highest BCUT2D eigenvalue weighted by molar-refractivity contribution is 5.94. The van der Waals surface area contributed by atoms with Crippen molar-refractivity contribution in [3.63, 3.8) is 0 Å².